The average molecular weight is 387 g/mol. The van der Waals surface area contributed by atoms with Gasteiger partial charge in [0, 0.05) is 36.0 Å². The quantitative estimate of drug-likeness (QED) is 0.721. The van der Waals surface area contributed by atoms with E-state index in [0.29, 0.717) is 24.3 Å². The Morgan fingerprint density at radius 1 is 1.31 bits per heavy atom. The van der Waals surface area contributed by atoms with Crippen molar-refractivity contribution in [3.8, 4) is 17.2 Å². The molecule has 1 aromatic carbocycles. The first kappa shape index (κ1) is 18.7. The maximum Gasteiger partial charge on any atom is 0.266 e. The first-order valence-electron chi connectivity index (χ1n) is 9.60. The molecule has 1 atom stereocenters. The number of amides is 1. The maximum absolute atomic E-state index is 13.1. The van der Waals surface area contributed by atoms with E-state index in [2.05, 4.69) is 15.2 Å². The topological polar surface area (TPSA) is 106 Å². The fraction of sp³-hybridized carbons (Fsp3) is 0.273. The fourth-order valence-corrected chi connectivity index (χ4v) is 3.95. The summed E-state index contributed by atoms with van der Waals surface area (Å²) >= 11 is 0. The minimum atomic E-state index is -0.469. The summed E-state index contributed by atoms with van der Waals surface area (Å²) in [7, 11) is 0. The van der Waals surface area contributed by atoms with Gasteiger partial charge in [-0.05, 0) is 31.4 Å². The van der Waals surface area contributed by atoms with E-state index in [0.717, 1.165) is 29.7 Å². The van der Waals surface area contributed by atoms with Crippen LogP contribution in [-0.2, 0) is 0 Å². The van der Waals surface area contributed by atoms with E-state index in [-0.39, 0.29) is 17.4 Å². The first-order chi connectivity index (χ1) is 14.1. The molecule has 1 fully saturated rings. The summed E-state index contributed by atoms with van der Waals surface area (Å²) in [4.78, 5) is 29.3. The lowest BCUT2D eigenvalue weighted by molar-refractivity contribution is 0.0704. The second kappa shape index (κ2) is 7.76. The number of hydrogen-bond donors (Lipinski definition) is 2. The number of benzene rings is 1. The number of hydrogen-bond acceptors (Lipinski definition) is 4. The Balaban J connectivity index is 1.61. The van der Waals surface area contributed by atoms with E-state index < -0.39 is 5.56 Å². The minimum absolute atomic E-state index is 0.0487. The molecule has 1 aliphatic rings. The lowest BCUT2D eigenvalue weighted by Crippen LogP contribution is -2.40. The molecule has 0 bridgehead atoms. The van der Waals surface area contributed by atoms with Gasteiger partial charge in [-0.15, -0.1) is 0 Å². The highest BCUT2D eigenvalue weighted by Gasteiger charge is 2.29. The summed E-state index contributed by atoms with van der Waals surface area (Å²) < 4.78 is 0. The Bertz CT molecular complexity index is 1140. The van der Waals surface area contributed by atoms with E-state index in [9.17, 15) is 9.59 Å². The molecule has 0 radical (unpaired) electrons. The summed E-state index contributed by atoms with van der Waals surface area (Å²) in [5, 5.41) is 16.5. The lowest BCUT2D eigenvalue weighted by Gasteiger charge is -2.33. The van der Waals surface area contributed by atoms with Gasteiger partial charge in [0.2, 0.25) is 0 Å². The van der Waals surface area contributed by atoms with Gasteiger partial charge in [-0.3, -0.25) is 14.7 Å². The molecule has 4 rings (SSSR count). The number of carbonyl (C=O) groups excluding carboxylic acids is 1. The van der Waals surface area contributed by atoms with Gasteiger partial charge in [-0.25, -0.2) is 0 Å². The second-order valence-electron chi connectivity index (χ2n) is 7.32. The zero-order valence-electron chi connectivity index (χ0n) is 16.1. The SMILES string of the molecule is Cc1[nH]c(=O)c(C#N)cc1C(=O)N1CCC[C@@H](c2[nH]ncc2-c2ccccc2)C1. The van der Waals surface area contributed by atoms with Crippen molar-refractivity contribution in [2.45, 2.75) is 25.7 Å². The third-order valence-corrected chi connectivity index (χ3v) is 5.46. The molecule has 1 aliphatic heterocycles. The van der Waals surface area contributed by atoms with E-state index in [4.69, 9.17) is 5.26 Å². The molecular weight excluding hydrogens is 366 g/mol. The molecule has 3 aromatic rings. The van der Waals surface area contributed by atoms with Crippen molar-refractivity contribution in [3.05, 3.63) is 75.5 Å². The van der Waals surface area contributed by atoms with Crippen LogP contribution in [0.25, 0.3) is 11.1 Å². The number of pyridine rings is 1. The van der Waals surface area contributed by atoms with Crippen molar-refractivity contribution in [1.82, 2.24) is 20.1 Å². The molecule has 29 heavy (non-hydrogen) atoms. The highest BCUT2D eigenvalue weighted by molar-refractivity contribution is 5.95. The number of aromatic amines is 2. The highest BCUT2D eigenvalue weighted by atomic mass is 16.2. The second-order valence-corrected chi connectivity index (χ2v) is 7.32. The molecule has 0 unspecified atom stereocenters. The Kier molecular flexibility index (Phi) is 5.00. The van der Waals surface area contributed by atoms with Gasteiger partial charge in [0.25, 0.3) is 11.5 Å². The Labute approximate surface area is 168 Å². The average Bonchev–Trinajstić information content (AvgIpc) is 3.24. The molecule has 7 heteroatoms. The zero-order valence-corrected chi connectivity index (χ0v) is 16.1. The van der Waals surface area contributed by atoms with Crippen LogP contribution in [0, 0.1) is 18.3 Å². The maximum atomic E-state index is 13.1. The minimum Gasteiger partial charge on any atom is -0.338 e. The normalized spacial score (nSPS) is 16.4. The summed E-state index contributed by atoms with van der Waals surface area (Å²) in [6.45, 7) is 2.88. The number of aryl methyl sites for hydroxylation is 1. The number of nitrogens with one attached hydrogen (secondary N) is 2. The van der Waals surface area contributed by atoms with Gasteiger partial charge in [-0.1, -0.05) is 30.3 Å². The predicted molar refractivity (Wildman–Crippen MR) is 108 cm³/mol. The van der Waals surface area contributed by atoms with Crippen LogP contribution in [-0.4, -0.2) is 39.1 Å². The summed E-state index contributed by atoms with van der Waals surface area (Å²) in [6.07, 6.45) is 3.66. The van der Waals surface area contributed by atoms with Crippen LogP contribution < -0.4 is 5.56 Å². The molecule has 1 saturated heterocycles. The molecule has 3 heterocycles. The smallest absolute Gasteiger partial charge is 0.266 e. The molecule has 1 amide bonds. The molecule has 2 aromatic heterocycles. The number of nitriles is 1. The Hall–Kier alpha value is -3.66. The number of carbonyl (C=O) groups is 1. The molecule has 0 saturated carbocycles. The van der Waals surface area contributed by atoms with Gasteiger partial charge >= 0.3 is 0 Å². The fourth-order valence-electron chi connectivity index (χ4n) is 3.95. The third-order valence-electron chi connectivity index (χ3n) is 5.46. The largest absolute Gasteiger partial charge is 0.338 e. The molecule has 2 N–H and O–H groups in total. The van der Waals surface area contributed by atoms with Crippen molar-refractivity contribution < 1.29 is 4.79 Å². The number of piperidine rings is 1. The molecule has 146 valence electrons. The number of H-pyrrole nitrogens is 2. The lowest BCUT2D eigenvalue weighted by atomic mass is 9.90. The Morgan fingerprint density at radius 2 is 2.10 bits per heavy atom. The van der Waals surface area contributed by atoms with Crippen molar-refractivity contribution in [2.75, 3.05) is 13.1 Å². The third kappa shape index (κ3) is 3.57. The van der Waals surface area contributed by atoms with Crippen LogP contribution in [0.1, 0.15) is 46.1 Å². The van der Waals surface area contributed by atoms with Crippen LogP contribution in [0.4, 0.5) is 0 Å². The van der Waals surface area contributed by atoms with Gasteiger partial charge in [0.05, 0.1) is 11.8 Å². The predicted octanol–water partition coefficient (Wildman–Crippen LogP) is 2.96. The van der Waals surface area contributed by atoms with Crippen molar-refractivity contribution in [1.29, 1.82) is 5.26 Å². The van der Waals surface area contributed by atoms with Gasteiger partial charge in [-0.2, -0.15) is 10.4 Å². The highest BCUT2D eigenvalue weighted by Crippen LogP contribution is 2.33. The van der Waals surface area contributed by atoms with Crippen LogP contribution >= 0.6 is 0 Å². The van der Waals surface area contributed by atoms with Crippen LogP contribution in [0.15, 0.2) is 47.4 Å². The van der Waals surface area contributed by atoms with E-state index in [1.54, 1.807) is 11.8 Å². The van der Waals surface area contributed by atoms with Gasteiger partial charge in [0.1, 0.15) is 11.6 Å². The van der Waals surface area contributed by atoms with Gasteiger partial charge in [0.15, 0.2) is 0 Å². The van der Waals surface area contributed by atoms with Crippen LogP contribution in [0.3, 0.4) is 0 Å². The van der Waals surface area contributed by atoms with Crippen molar-refractivity contribution >= 4 is 5.91 Å². The van der Waals surface area contributed by atoms with Crippen molar-refractivity contribution in [2.24, 2.45) is 0 Å². The Morgan fingerprint density at radius 3 is 2.86 bits per heavy atom. The standard InChI is InChI=1S/C22H21N5O2/c1-14-18(10-17(11-23)21(28)25-14)22(29)27-9-5-8-16(13-27)20-19(12-24-26-20)15-6-3-2-4-7-15/h2-4,6-7,10,12,16H,5,8-9,13H2,1H3,(H,24,26)(H,25,28)/t16-/m1/s1. The molecular formula is C22H21N5O2. The zero-order chi connectivity index (χ0) is 20.4. The van der Waals surface area contributed by atoms with E-state index in [1.165, 1.54) is 6.07 Å². The monoisotopic (exact) mass is 387 g/mol. The number of nitrogens with zero attached hydrogens (tertiary/aromatic N) is 3. The van der Waals surface area contributed by atoms with E-state index in [1.807, 2.05) is 42.6 Å². The molecule has 0 spiro atoms. The van der Waals surface area contributed by atoms with Crippen LogP contribution in [0.2, 0.25) is 0 Å². The first-order valence-corrected chi connectivity index (χ1v) is 9.60. The summed E-state index contributed by atoms with van der Waals surface area (Å²) in [5.41, 5.74) is 3.51. The molecule has 0 aliphatic carbocycles. The molecule has 7 nitrogen and oxygen atoms in total. The van der Waals surface area contributed by atoms with E-state index >= 15 is 0 Å². The number of likely N-dealkylation sites (tertiary alicyclic amines) is 1. The van der Waals surface area contributed by atoms with Gasteiger partial charge < -0.3 is 9.88 Å². The number of rotatable bonds is 3. The van der Waals surface area contributed by atoms with Crippen LogP contribution in [0.5, 0.6) is 0 Å². The van der Waals surface area contributed by atoms with Crippen molar-refractivity contribution in [3.63, 3.8) is 0 Å². The number of aromatic nitrogens is 3. The summed E-state index contributed by atoms with van der Waals surface area (Å²) in [6, 6.07) is 13.3. The summed E-state index contributed by atoms with van der Waals surface area (Å²) in [5.74, 6) is -0.0235.